The van der Waals surface area contributed by atoms with E-state index in [-0.39, 0.29) is 43.1 Å². The van der Waals surface area contributed by atoms with E-state index in [0.717, 1.165) is 0 Å². The molecule has 0 spiro atoms. The summed E-state index contributed by atoms with van der Waals surface area (Å²) < 4.78 is 43.5. The largest absolute Gasteiger partial charge is 0.489 e. The number of benzene rings is 2. The van der Waals surface area contributed by atoms with Crippen LogP contribution in [0.2, 0.25) is 10.0 Å². The molecule has 29 heavy (non-hydrogen) atoms. The highest BCUT2D eigenvalue weighted by atomic mass is 35.5. The zero-order valence-electron chi connectivity index (χ0n) is 15.6. The van der Waals surface area contributed by atoms with Gasteiger partial charge in [-0.15, -0.1) is 0 Å². The number of aliphatic hydroxyl groups is 1. The second-order valence-corrected chi connectivity index (χ2v) is 10.2. The first-order chi connectivity index (χ1) is 13.7. The molecule has 2 atom stereocenters. The lowest BCUT2D eigenvalue weighted by atomic mass is 10.1. The van der Waals surface area contributed by atoms with Crippen LogP contribution in [0.4, 0.5) is 4.39 Å². The molecule has 0 aliphatic carbocycles. The maximum absolute atomic E-state index is 14.1. The van der Waals surface area contributed by atoms with Gasteiger partial charge < -0.3 is 9.84 Å². The minimum Gasteiger partial charge on any atom is -0.489 e. The Hall–Kier alpha value is -1.38. The van der Waals surface area contributed by atoms with Crippen LogP contribution in [0.25, 0.3) is 0 Å². The number of hydrogen-bond donors (Lipinski definition) is 1. The van der Waals surface area contributed by atoms with Crippen LogP contribution in [0.5, 0.6) is 5.75 Å². The molecule has 0 amide bonds. The highest BCUT2D eigenvalue weighted by Crippen LogP contribution is 2.28. The summed E-state index contributed by atoms with van der Waals surface area (Å²) >= 11 is 11.9. The predicted molar refractivity (Wildman–Crippen MR) is 112 cm³/mol. The number of halogens is 3. The van der Waals surface area contributed by atoms with Crippen molar-refractivity contribution in [3.63, 3.8) is 0 Å². The van der Waals surface area contributed by atoms with Gasteiger partial charge >= 0.3 is 0 Å². The van der Waals surface area contributed by atoms with Gasteiger partial charge in [-0.3, -0.25) is 4.90 Å². The highest BCUT2D eigenvalue weighted by molar-refractivity contribution is 7.91. The van der Waals surface area contributed by atoms with Crippen LogP contribution in [0.15, 0.2) is 42.5 Å². The molecule has 2 aromatic carbocycles. The van der Waals surface area contributed by atoms with E-state index in [9.17, 15) is 17.9 Å². The Morgan fingerprint density at radius 3 is 2.66 bits per heavy atom. The smallest absolute Gasteiger partial charge is 0.151 e. The molecule has 0 aromatic heterocycles. The Bertz CT molecular complexity index is 957. The summed E-state index contributed by atoms with van der Waals surface area (Å²) in [7, 11) is -3.12. The molecule has 0 radical (unpaired) electrons. The van der Waals surface area contributed by atoms with Crippen molar-refractivity contribution in [2.45, 2.75) is 25.1 Å². The first-order valence-corrected chi connectivity index (χ1v) is 11.7. The van der Waals surface area contributed by atoms with Gasteiger partial charge in [-0.2, -0.15) is 0 Å². The quantitative estimate of drug-likeness (QED) is 0.650. The van der Waals surface area contributed by atoms with E-state index in [4.69, 9.17) is 27.9 Å². The van der Waals surface area contributed by atoms with Gasteiger partial charge in [0.15, 0.2) is 9.84 Å². The lowest BCUT2D eigenvalue weighted by molar-refractivity contribution is 0.0520. The molecule has 2 aromatic rings. The first-order valence-electron chi connectivity index (χ1n) is 9.17. The van der Waals surface area contributed by atoms with E-state index < -0.39 is 15.9 Å². The average Bonchev–Trinajstić information content (AvgIpc) is 3.02. The van der Waals surface area contributed by atoms with Crippen LogP contribution < -0.4 is 4.74 Å². The highest BCUT2D eigenvalue weighted by Gasteiger charge is 2.33. The van der Waals surface area contributed by atoms with Crippen molar-refractivity contribution >= 4 is 33.0 Å². The molecule has 2 unspecified atom stereocenters. The second kappa shape index (κ2) is 9.62. The van der Waals surface area contributed by atoms with E-state index in [1.165, 1.54) is 6.07 Å². The Labute approximate surface area is 179 Å². The van der Waals surface area contributed by atoms with Crippen molar-refractivity contribution in [3.8, 4) is 5.75 Å². The fraction of sp³-hybridized carbons (Fsp3) is 0.400. The second-order valence-electron chi connectivity index (χ2n) is 7.12. The van der Waals surface area contributed by atoms with Crippen molar-refractivity contribution in [1.29, 1.82) is 0 Å². The summed E-state index contributed by atoms with van der Waals surface area (Å²) in [5.74, 6) is 0.118. The molecule has 1 heterocycles. The van der Waals surface area contributed by atoms with Gasteiger partial charge in [0, 0.05) is 29.7 Å². The lowest BCUT2D eigenvalue weighted by Gasteiger charge is -2.30. The molecule has 158 valence electrons. The number of nitrogens with zero attached hydrogens (tertiary/aromatic N) is 1. The Kier molecular flexibility index (Phi) is 7.40. The average molecular weight is 462 g/mol. The molecular formula is C20H22Cl2FNO4S. The van der Waals surface area contributed by atoms with Gasteiger partial charge in [-0.1, -0.05) is 41.4 Å². The monoisotopic (exact) mass is 461 g/mol. The van der Waals surface area contributed by atoms with Crippen LogP contribution in [0, 0.1) is 5.82 Å². The van der Waals surface area contributed by atoms with Gasteiger partial charge in [0.1, 0.15) is 24.3 Å². The standard InChI is InChI=1S/C20H22Cl2FNO4S/c21-15-5-6-20(18(22)9-15)28-12-17(25)11-24(16-7-8-29(26,27)13-16)10-14-3-1-2-4-19(14)23/h1-6,9,16-17,25H,7-8,10-13H2. The third kappa shape index (κ3) is 6.30. The lowest BCUT2D eigenvalue weighted by Crippen LogP contribution is -2.42. The molecular weight excluding hydrogens is 440 g/mol. The zero-order valence-corrected chi connectivity index (χ0v) is 17.9. The van der Waals surface area contributed by atoms with E-state index in [1.807, 2.05) is 0 Å². The maximum Gasteiger partial charge on any atom is 0.151 e. The van der Waals surface area contributed by atoms with Crippen LogP contribution in [0.1, 0.15) is 12.0 Å². The molecule has 1 N–H and O–H groups in total. The summed E-state index contributed by atoms with van der Waals surface area (Å²) in [5, 5.41) is 11.3. The molecule has 3 rings (SSSR count). The number of hydrogen-bond acceptors (Lipinski definition) is 5. The van der Waals surface area contributed by atoms with E-state index in [2.05, 4.69) is 0 Å². The van der Waals surface area contributed by atoms with E-state index in [0.29, 0.717) is 27.8 Å². The Morgan fingerprint density at radius 1 is 1.24 bits per heavy atom. The van der Waals surface area contributed by atoms with Gasteiger partial charge in [-0.05, 0) is 30.7 Å². The number of aliphatic hydroxyl groups excluding tert-OH is 1. The minimum absolute atomic E-state index is 0.00194. The van der Waals surface area contributed by atoms with E-state index >= 15 is 0 Å². The molecule has 1 aliphatic heterocycles. The predicted octanol–water partition coefficient (Wildman–Crippen LogP) is 3.56. The number of ether oxygens (including phenoxy) is 1. The van der Waals surface area contributed by atoms with Crippen molar-refractivity contribution < 1.29 is 22.7 Å². The Morgan fingerprint density at radius 2 is 2.00 bits per heavy atom. The van der Waals surface area contributed by atoms with Gasteiger partial charge in [-0.25, -0.2) is 12.8 Å². The fourth-order valence-corrected chi connectivity index (χ4v) is 5.58. The topological polar surface area (TPSA) is 66.8 Å². The third-order valence-electron chi connectivity index (χ3n) is 4.83. The summed E-state index contributed by atoms with van der Waals surface area (Å²) in [4.78, 5) is 1.81. The third-order valence-corrected chi connectivity index (χ3v) is 7.11. The molecule has 1 fully saturated rings. The molecule has 0 saturated carbocycles. The normalized spacial score (nSPS) is 19.4. The Balaban J connectivity index is 1.67. The summed E-state index contributed by atoms with van der Waals surface area (Å²) in [6, 6.07) is 10.8. The van der Waals surface area contributed by atoms with Gasteiger partial charge in [0.25, 0.3) is 0 Å². The maximum atomic E-state index is 14.1. The minimum atomic E-state index is -3.12. The van der Waals surface area contributed by atoms with Gasteiger partial charge in [0.05, 0.1) is 16.5 Å². The first kappa shape index (κ1) is 22.3. The molecule has 0 bridgehead atoms. The van der Waals surface area contributed by atoms with Crippen molar-refractivity contribution in [2.24, 2.45) is 0 Å². The summed E-state index contributed by atoms with van der Waals surface area (Å²) in [6.07, 6.45) is -0.468. The fourth-order valence-electron chi connectivity index (χ4n) is 3.35. The van der Waals surface area contributed by atoms with Crippen molar-refractivity contribution in [1.82, 2.24) is 4.90 Å². The van der Waals surface area contributed by atoms with Crippen LogP contribution >= 0.6 is 23.2 Å². The SMILES string of the molecule is O=S1(=O)CCC(N(Cc2ccccc2F)CC(O)COc2ccc(Cl)cc2Cl)C1. The van der Waals surface area contributed by atoms with Crippen LogP contribution in [0.3, 0.4) is 0 Å². The number of rotatable bonds is 8. The summed E-state index contributed by atoms with van der Waals surface area (Å²) in [5.41, 5.74) is 0.450. The molecule has 1 aliphatic rings. The van der Waals surface area contributed by atoms with Crippen LogP contribution in [-0.4, -0.2) is 55.2 Å². The van der Waals surface area contributed by atoms with Crippen molar-refractivity contribution in [3.05, 3.63) is 63.9 Å². The summed E-state index contributed by atoms with van der Waals surface area (Å²) in [6.45, 7) is 0.292. The van der Waals surface area contributed by atoms with Crippen molar-refractivity contribution in [2.75, 3.05) is 24.7 Å². The van der Waals surface area contributed by atoms with Gasteiger partial charge in [0.2, 0.25) is 0 Å². The van der Waals surface area contributed by atoms with E-state index in [1.54, 1.807) is 41.3 Å². The van der Waals surface area contributed by atoms with Crippen LogP contribution in [-0.2, 0) is 16.4 Å². The zero-order chi connectivity index (χ0) is 21.0. The molecule has 5 nitrogen and oxygen atoms in total. The number of sulfone groups is 1. The molecule has 1 saturated heterocycles. The molecule has 9 heteroatoms.